The van der Waals surface area contributed by atoms with Gasteiger partial charge in [-0.05, 0) is 91.2 Å². The predicted octanol–water partition coefficient (Wildman–Crippen LogP) is 6.89. The molecule has 2 aromatic carbocycles. The van der Waals surface area contributed by atoms with Gasteiger partial charge in [-0.15, -0.1) is 0 Å². The summed E-state index contributed by atoms with van der Waals surface area (Å²) >= 11 is 0. The maximum atomic E-state index is 9.99. The second-order valence-corrected chi connectivity index (χ2v) is 8.58. The van der Waals surface area contributed by atoms with Crippen LogP contribution >= 0.6 is 0 Å². The molecule has 2 aliphatic rings. The van der Waals surface area contributed by atoms with Gasteiger partial charge in [-0.3, -0.25) is 4.90 Å². The largest absolute Gasteiger partial charge is 0.508 e. The second kappa shape index (κ2) is 12.5. The Kier molecular flexibility index (Phi) is 9.38. The molecule has 4 rings (SSSR count). The average Bonchev–Trinajstić information content (AvgIpc) is 3.37. The first-order chi connectivity index (χ1) is 16.2. The van der Waals surface area contributed by atoms with Crippen LogP contribution in [0.4, 0.5) is 0 Å². The molecule has 0 unspecified atom stereocenters. The molecule has 0 saturated carbocycles. The summed E-state index contributed by atoms with van der Waals surface area (Å²) < 4.78 is 6.01. The molecule has 1 saturated heterocycles. The Balaban J connectivity index is 0.00000149. The maximum absolute atomic E-state index is 9.99. The number of aromatic hydroxyl groups is 1. The molecule has 0 amide bonds. The Hall–Kier alpha value is -2.78. The first kappa shape index (κ1) is 24.9. The first-order valence-corrected chi connectivity index (χ1v) is 12.4. The van der Waals surface area contributed by atoms with E-state index in [1.54, 1.807) is 6.07 Å². The molecule has 1 aliphatic carbocycles. The Morgan fingerprint density at radius 2 is 1.82 bits per heavy atom. The van der Waals surface area contributed by atoms with Crippen molar-refractivity contribution in [2.45, 2.75) is 45.4 Å². The molecule has 2 atom stereocenters. The lowest BCUT2D eigenvalue weighted by Gasteiger charge is -2.35. The van der Waals surface area contributed by atoms with Crippen LogP contribution in [0.1, 0.15) is 55.7 Å². The fourth-order valence-electron chi connectivity index (χ4n) is 5.13. The van der Waals surface area contributed by atoms with E-state index in [2.05, 4.69) is 54.5 Å². The lowest BCUT2D eigenvalue weighted by Crippen LogP contribution is -2.25. The summed E-state index contributed by atoms with van der Waals surface area (Å²) in [4.78, 5) is 2.47. The summed E-state index contributed by atoms with van der Waals surface area (Å²) in [7, 11) is 0. The molecule has 3 heteroatoms. The summed E-state index contributed by atoms with van der Waals surface area (Å²) in [5, 5.41) is 9.99. The monoisotopic (exact) mass is 445 g/mol. The van der Waals surface area contributed by atoms with Gasteiger partial charge in [0.1, 0.15) is 18.1 Å². The lowest BCUT2D eigenvalue weighted by atomic mass is 9.69. The van der Waals surface area contributed by atoms with Crippen molar-refractivity contribution in [2.75, 3.05) is 26.2 Å². The van der Waals surface area contributed by atoms with E-state index in [1.807, 2.05) is 32.1 Å². The van der Waals surface area contributed by atoms with E-state index >= 15 is 0 Å². The van der Waals surface area contributed by atoms with Gasteiger partial charge in [0.15, 0.2) is 0 Å². The Morgan fingerprint density at radius 3 is 2.48 bits per heavy atom. The molecule has 0 radical (unpaired) electrons. The molecule has 1 heterocycles. The highest BCUT2D eigenvalue weighted by molar-refractivity contribution is 5.48. The number of fused-ring (bicyclic) bond motifs is 1. The van der Waals surface area contributed by atoms with Crippen LogP contribution in [0.2, 0.25) is 0 Å². The number of phenols is 1. The quantitative estimate of drug-likeness (QED) is 0.449. The van der Waals surface area contributed by atoms with Gasteiger partial charge in [0.25, 0.3) is 0 Å². The number of nitrogens with zero attached hydrogens (tertiary/aromatic N) is 1. The van der Waals surface area contributed by atoms with E-state index in [1.165, 1.54) is 48.2 Å². The zero-order valence-electron chi connectivity index (χ0n) is 20.3. The van der Waals surface area contributed by atoms with Crippen LogP contribution in [0.5, 0.6) is 11.5 Å². The van der Waals surface area contributed by atoms with Crippen LogP contribution in [0, 0.1) is 5.92 Å². The molecular weight excluding hydrogens is 406 g/mol. The van der Waals surface area contributed by atoms with Crippen molar-refractivity contribution in [3.63, 3.8) is 0 Å². The van der Waals surface area contributed by atoms with Crippen molar-refractivity contribution < 1.29 is 9.84 Å². The highest BCUT2D eigenvalue weighted by atomic mass is 16.5. The zero-order valence-corrected chi connectivity index (χ0v) is 20.3. The van der Waals surface area contributed by atoms with Crippen LogP contribution in [-0.4, -0.2) is 36.2 Å². The minimum Gasteiger partial charge on any atom is -0.508 e. The molecule has 0 aromatic heterocycles. The molecule has 1 N–H and O–H groups in total. The smallest absolute Gasteiger partial charge is 0.119 e. The van der Waals surface area contributed by atoms with E-state index in [0.717, 1.165) is 31.7 Å². The van der Waals surface area contributed by atoms with Gasteiger partial charge in [-0.25, -0.2) is 0 Å². The van der Waals surface area contributed by atoms with Crippen molar-refractivity contribution in [3.8, 4) is 11.5 Å². The van der Waals surface area contributed by atoms with Gasteiger partial charge < -0.3 is 9.84 Å². The lowest BCUT2D eigenvalue weighted by molar-refractivity contribution is 0.237. The molecule has 2 aromatic rings. The zero-order chi connectivity index (χ0) is 23.6. The van der Waals surface area contributed by atoms with Crippen LogP contribution in [0.25, 0.3) is 0 Å². The first-order valence-electron chi connectivity index (χ1n) is 12.4. The van der Waals surface area contributed by atoms with Crippen molar-refractivity contribution in [3.05, 3.63) is 96.1 Å². The Labute approximate surface area is 200 Å². The van der Waals surface area contributed by atoms with Crippen molar-refractivity contribution in [1.29, 1.82) is 0 Å². The minimum atomic E-state index is 0.215. The van der Waals surface area contributed by atoms with E-state index in [4.69, 9.17) is 4.74 Å². The van der Waals surface area contributed by atoms with Crippen molar-refractivity contribution in [2.24, 2.45) is 5.92 Å². The predicted molar refractivity (Wildman–Crippen MR) is 139 cm³/mol. The van der Waals surface area contributed by atoms with Gasteiger partial charge in [0.2, 0.25) is 0 Å². The Bertz CT molecular complexity index is 938. The molecule has 33 heavy (non-hydrogen) atoms. The van der Waals surface area contributed by atoms with Gasteiger partial charge in [-0.1, -0.05) is 63.4 Å². The fourth-order valence-corrected chi connectivity index (χ4v) is 5.13. The minimum absolute atomic E-state index is 0.215. The number of rotatable bonds is 8. The van der Waals surface area contributed by atoms with Crippen LogP contribution in [-0.2, 0) is 6.42 Å². The molecule has 1 aliphatic heterocycles. The number of likely N-dealkylation sites (tertiary alicyclic amines) is 1. The summed E-state index contributed by atoms with van der Waals surface area (Å²) in [5.74, 6) is 1.80. The molecule has 0 spiro atoms. The summed E-state index contributed by atoms with van der Waals surface area (Å²) in [6.07, 6.45) is 10.5. The maximum Gasteiger partial charge on any atom is 0.119 e. The van der Waals surface area contributed by atoms with E-state index < -0.39 is 0 Å². The third kappa shape index (κ3) is 6.17. The summed E-state index contributed by atoms with van der Waals surface area (Å²) in [6, 6.07) is 14.4. The highest BCUT2D eigenvalue weighted by Crippen LogP contribution is 2.45. The molecule has 3 nitrogen and oxygen atoms in total. The number of aryl methyl sites for hydroxylation is 1. The number of benzene rings is 2. The topological polar surface area (TPSA) is 32.7 Å². The summed E-state index contributed by atoms with van der Waals surface area (Å²) in [5.41, 5.74) is 4.99. The normalized spacial score (nSPS) is 20.4. The van der Waals surface area contributed by atoms with Crippen LogP contribution in [0.3, 0.4) is 0 Å². The van der Waals surface area contributed by atoms with Crippen LogP contribution < -0.4 is 4.74 Å². The van der Waals surface area contributed by atoms with Gasteiger partial charge in [-0.2, -0.15) is 0 Å². The SMILES string of the molecule is C=C/C=C(\C=C)[C@H]1CCc2cc(O)ccc2[C@H]1c1ccc(OCCN2CCCC2)cc1.CC. The van der Waals surface area contributed by atoms with E-state index in [0.29, 0.717) is 11.7 Å². The molecule has 0 bridgehead atoms. The molecule has 1 fully saturated rings. The number of hydrogen-bond acceptors (Lipinski definition) is 3. The van der Waals surface area contributed by atoms with Gasteiger partial charge in [0.05, 0.1) is 0 Å². The van der Waals surface area contributed by atoms with Gasteiger partial charge >= 0.3 is 0 Å². The third-order valence-corrected chi connectivity index (χ3v) is 6.68. The van der Waals surface area contributed by atoms with Crippen molar-refractivity contribution in [1.82, 2.24) is 4.90 Å². The Morgan fingerprint density at radius 1 is 1.09 bits per heavy atom. The average molecular weight is 446 g/mol. The second-order valence-electron chi connectivity index (χ2n) is 8.58. The molecular formula is C30H39NO2. The van der Waals surface area contributed by atoms with E-state index in [-0.39, 0.29) is 5.92 Å². The van der Waals surface area contributed by atoms with Gasteiger partial charge in [0, 0.05) is 12.5 Å². The number of ether oxygens (including phenoxy) is 1. The standard InChI is InChI=1S/C28H33NO2.C2H6/c1-3-7-21(4-2)26-14-10-23-20-24(30)11-15-27(23)28(26)22-8-12-25(13-9-22)31-19-18-29-16-5-6-17-29;1-2/h3-4,7-9,11-13,15,20,26,28,30H,1-2,5-6,10,14,16-19H2;1-2H3/b21-7+;/t26-,28+;/m1./s1. The third-order valence-electron chi connectivity index (χ3n) is 6.68. The fraction of sp³-hybridized carbons (Fsp3) is 0.400. The van der Waals surface area contributed by atoms with Crippen LogP contribution in [0.15, 0.2) is 79.4 Å². The number of phenolic OH excluding ortho intramolecular Hbond substituents is 1. The highest BCUT2D eigenvalue weighted by Gasteiger charge is 2.32. The van der Waals surface area contributed by atoms with Crippen molar-refractivity contribution >= 4 is 0 Å². The number of allylic oxidation sites excluding steroid dienone is 4. The van der Waals surface area contributed by atoms with E-state index in [9.17, 15) is 5.11 Å². The molecule has 176 valence electrons. The summed E-state index contributed by atoms with van der Waals surface area (Å²) in [6.45, 7) is 16.1. The number of hydrogen-bond donors (Lipinski definition) is 1.